The van der Waals surface area contributed by atoms with Crippen LogP contribution in [0.4, 0.5) is 0 Å². The van der Waals surface area contributed by atoms with Crippen LogP contribution in [0.25, 0.3) is 0 Å². The van der Waals surface area contributed by atoms with Crippen molar-refractivity contribution in [1.82, 2.24) is 20.3 Å². The number of para-hydroxylation sites is 1. The van der Waals surface area contributed by atoms with E-state index < -0.39 is 0 Å². The first kappa shape index (κ1) is 19.8. The lowest BCUT2D eigenvalue weighted by molar-refractivity contribution is 0.119. The van der Waals surface area contributed by atoms with Crippen LogP contribution in [0, 0.1) is 0 Å². The Morgan fingerprint density at radius 2 is 2.03 bits per heavy atom. The zero-order valence-corrected chi connectivity index (χ0v) is 17.2. The third-order valence-electron chi connectivity index (χ3n) is 5.60. The van der Waals surface area contributed by atoms with Crippen molar-refractivity contribution in [1.29, 1.82) is 0 Å². The fraction of sp³-hybridized carbons (Fsp3) is 0.545. The molecule has 0 radical (unpaired) electrons. The van der Waals surface area contributed by atoms with Gasteiger partial charge in [0.15, 0.2) is 5.96 Å². The molecule has 0 unspecified atom stereocenters. The van der Waals surface area contributed by atoms with E-state index in [0.717, 1.165) is 62.2 Å². The lowest BCUT2D eigenvalue weighted by atomic mass is 9.96. The van der Waals surface area contributed by atoms with Crippen molar-refractivity contribution in [2.75, 3.05) is 32.7 Å². The topological polar surface area (TPSA) is 66.1 Å². The number of aromatic nitrogens is 1. The molecule has 1 aromatic carbocycles. The largest absolute Gasteiger partial charge is 0.490 e. The van der Waals surface area contributed by atoms with Gasteiger partial charge in [-0.05, 0) is 32.3 Å². The minimum absolute atomic E-state index is 0.381. The number of ether oxygens (including phenoxy) is 1. The average molecular weight is 398 g/mol. The van der Waals surface area contributed by atoms with Gasteiger partial charge in [-0.3, -0.25) is 4.90 Å². The maximum absolute atomic E-state index is 6.16. The van der Waals surface area contributed by atoms with Crippen molar-refractivity contribution in [3.63, 3.8) is 0 Å². The average Bonchev–Trinajstić information content (AvgIpc) is 3.22. The van der Waals surface area contributed by atoms with Gasteiger partial charge < -0.3 is 19.5 Å². The van der Waals surface area contributed by atoms with Gasteiger partial charge in [0.2, 0.25) is 0 Å². The number of hydrogen-bond donors (Lipinski definition) is 1. The summed E-state index contributed by atoms with van der Waals surface area (Å²) in [5.74, 6) is 1.96. The highest BCUT2D eigenvalue weighted by atomic mass is 16.5. The molecule has 4 rings (SSSR count). The van der Waals surface area contributed by atoms with Gasteiger partial charge >= 0.3 is 0 Å². The molecule has 2 heterocycles. The van der Waals surface area contributed by atoms with Crippen molar-refractivity contribution >= 4 is 5.96 Å². The molecular formula is C22H31N5O2. The van der Waals surface area contributed by atoms with E-state index >= 15 is 0 Å². The first-order chi connectivity index (χ1) is 14.3. The quantitative estimate of drug-likeness (QED) is 0.572. The Morgan fingerprint density at radius 3 is 2.72 bits per heavy atom. The smallest absolute Gasteiger partial charge is 0.194 e. The van der Waals surface area contributed by atoms with Crippen LogP contribution >= 0.6 is 0 Å². The molecule has 0 amide bonds. The molecule has 7 nitrogen and oxygen atoms in total. The van der Waals surface area contributed by atoms with E-state index in [-0.39, 0.29) is 0 Å². The standard InChI is InChI=1S/C22H31N5O2/c1-2-23-22(27-13-11-26(12-14-27)17-19-10-15-28-25-19)24-16-18-6-3-4-9-21(18)29-20-7-5-8-20/h3-4,6,9-10,15,20H,2,5,7-8,11-14,16-17H2,1H3,(H,23,24). The lowest BCUT2D eigenvalue weighted by Gasteiger charge is -2.36. The van der Waals surface area contributed by atoms with Crippen LogP contribution < -0.4 is 10.1 Å². The Balaban J connectivity index is 1.36. The molecule has 1 aromatic heterocycles. The molecule has 0 atom stereocenters. The summed E-state index contributed by atoms with van der Waals surface area (Å²) in [6, 6.07) is 10.2. The monoisotopic (exact) mass is 397 g/mol. The predicted octanol–water partition coefficient (Wildman–Crippen LogP) is 2.89. The minimum Gasteiger partial charge on any atom is -0.490 e. The Bertz CT molecular complexity index is 780. The molecule has 1 aliphatic carbocycles. The molecule has 156 valence electrons. The number of rotatable bonds is 7. The Kier molecular flexibility index (Phi) is 6.67. The van der Waals surface area contributed by atoms with Gasteiger partial charge in [-0.2, -0.15) is 0 Å². The summed E-state index contributed by atoms with van der Waals surface area (Å²) in [5, 5.41) is 7.47. The molecule has 1 saturated heterocycles. The normalized spacial score (nSPS) is 18.5. The number of guanidine groups is 1. The minimum atomic E-state index is 0.381. The van der Waals surface area contributed by atoms with E-state index in [9.17, 15) is 0 Å². The second-order valence-electron chi connectivity index (χ2n) is 7.70. The van der Waals surface area contributed by atoms with Gasteiger partial charge in [0.25, 0.3) is 0 Å². The summed E-state index contributed by atoms with van der Waals surface area (Å²) in [6.45, 7) is 8.31. The van der Waals surface area contributed by atoms with Crippen LogP contribution in [-0.2, 0) is 13.1 Å². The lowest BCUT2D eigenvalue weighted by Crippen LogP contribution is -2.52. The van der Waals surface area contributed by atoms with Crippen LogP contribution in [0.1, 0.15) is 37.4 Å². The van der Waals surface area contributed by atoms with Gasteiger partial charge in [-0.1, -0.05) is 23.4 Å². The predicted molar refractivity (Wildman–Crippen MR) is 113 cm³/mol. The van der Waals surface area contributed by atoms with Crippen molar-refractivity contribution < 1.29 is 9.26 Å². The number of benzene rings is 1. The number of hydrogen-bond acceptors (Lipinski definition) is 5. The number of piperazine rings is 1. The number of nitrogens with one attached hydrogen (secondary N) is 1. The molecular weight excluding hydrogens is 366 g/mol. The highest BCUT2D eigenvalue weighted by molar-refractivity contribution is 5.80. The first-order valence-corrected chi connectivity index (χ1v) is 10.7. The first-order valence-electron chi connectivity index (χ1n) is 10.7. The van der Waals surface area contributed by atoms with Crippen molar-refractivity contribution in [3.05, 3.63) is 47.9 Å². The molecule has 1 aliphatic heterocycles. The molecule has 29 heavy (non-hydrogen) atoms. The van der Waals surface area contributed by atoms with E-state index in [4.69, 9.17) is 14.3 Å². The molecule has 1 saturated carbocycles. The third kappa shape index (κ3) is 5.29. The summed E-state index contributed by atoms with van der Waals surface area (Å²) in [5.41, 5.74) is 2.14. The van der Waals surface area contributed by atoms with Crippen LogP contribution in [0.5, 0.6) is 5.75 Å². The Morgan fingerprint density at radius 1 is 1.21 bits per heavy atom. The van der Waals surface area contributed by atoms with Crippen LogP contribution in [0.15, 0.2) is 46.1 Å². The molecule has 2 aromatic rings. The summed E-state index contributed by atoms with van der Waals surface area (Å²) in [7, 11) is 0. The fourth-order valence-corrected chi connectivity index (χ4v) is 3.67. The van der Waals surface area contributed by atoms with Crippen LogP contribution in [0.3, 0.4) is 0 Å². The van der Waals surface area contributed by atoms with Gasteiger partial charge in [0, 0.05) is 50.9 Å². The maximum Gasteiger partial charge on any atom is 0.194 e. The van der Waals surface area contributed by atoms with Gasteiger partial charge in [-0.25, -0.2) is 4.99 Å². The molecule has 2 fully saturated rings. The zero-order chi connectivity index (χ0) is 19.9. The van der Waals surface area contributed by atoms with Crippen LogP contribution in [0.2, 0.25) is 0 Å². The molecule has 2 aliphatic rings. The van der Waals surface area contributed by atoms with E-state index in [1.165, 1.54) is 19.3 Å². The van der Waals surface area contributed by atoms with Gasteiger partial charge in [-0.15, -0.1) is 0 Å². The molecule has 0 bridgehead atoms. The van der Waals surface area contributed by atoms with Crippen molar-refractivity contribution in [3.8, 4) is 5.75 Å². The SMILES string of the molecule is CCNC(=NCc1ccccc1OC1CCC1)N1CCN(Cc2ccon2)CC1. The number of nitrogens with zero attached hydrogens (tertiary/aromatic N) is 4. The van der Waals surface area contributed by atoms with E-state index in [2.05, 4.69) is 45.4 Å². The number of aliphatic imine (C=N–C) groups is 1. The van der Waals surface area contributed by atoms with E-state index in [1.807, 2.05) is 12.1 Å². The van der Waals surface area contributed by atoms with Crippen LogP contribution in [-0.4, -0.2) is 59.7 Å². The van der Waals surface area contributed by atoms with Gasteiger partial charge in [0.05, 0.1) is 18.3 Å². The Labute approximate surface area is 172 Å². The second kappa shape index (κ2) is 9.78. The van der Waals surface area contributed by atoms with Crippen molar-refractivity contribution in [2.24, 2.45) is 4.99 Å². The third-order valence-corrected chi connectivity index (χ3v) is 5.60. The summed E-state index contributed by atoms with van der Waals surface area (Å²) in [4.78, 5) is 9.67. The molecule has 0 spiro atoms. The summed E-state index contributed by atoms with van der Waals surface area (Å²) < 4.78 is 11.1. The highest BCUT2D eigenvalue weighted by Gasteiger charge is 2.22. The maximum atomic E-state index is 6.16. The molecule has 1 N–H and O–H groups in total. The van der Waals surface area contributed by atoms with E-state index in [1.54, 1.807) is 6.26 Å². The zero-order valence-electron chi connectivity index (χ0n) is 17.2. The fourth-order valence-electron chi connectivity index (χ4n) is 3.67. The van der Waals surface area contributed by atoms with E-state index in [0.29, 0.717) is 12.6 Å². The molecule has 7 heteroatoms. The highest BCUT2D eigenvalue weighted by Crippen LogP contribution is 2.28. The van der Waals surface area contributed by atoms with Gasteiger partial charge in [0.1, 0.15) is 12.0 Å². The summed E-state index contributed by atoms with van der Waals surface area (Å²) >= 11 is 0. The summed E-state index contributed by atoms with van der Waals surface area (Å²) in [6.07, 6.45) is 5.62. The van der Waals surface area contributed by atoms with Crippen molar-refractivity contribution in [2.45, 2.75) is 45.4 Å². The Hall–Kier alpha value is -2.54. The second-order valence-corrected chi connectivity index (χ2v) is 7.70.